The van der Waals surface area contributed by atoms with E-state index in [0.29, 0.717) is 9.72 Å². The third-order valence-electron chi connectivity index (χ3n) is 0.222. The van der Waals surface area contributed by atoms with Crippen molar-refractivity contribution in [2.45, 2.75) is 0 Å². The fraction of sp³-hybridized carbons (Fsp3) is 0.500. The molecule has 0 aliphatic heterocycles. The highest BCUT2D eigenvalue weighted by Crippen LogP contribution is 1.81. The Kier molecular flexibility index (Phi) is 4.07. The number of amidine groups is 1. The molecule has 0 radical (unpaired) electrons. The largest absolute Gasteiger partial charge is 0.379 e. The molecule has 0 amide bonds. The van der Waals surface area contributed by atoms with E-state index in [0.717, 1.165) is 0 Å². The van der Waals surface area contributed by atoms with Gasteiger partial charge in [0.2, 0.25) is 0 Å². The van der Waals surface area contributed by atoms with Gasteiger partial charge in [0.15, 0.2) is 3.84 Å². The van der Waals surface area contributed by atoms with Crippen LogP contribution < -0.4 is 5.73 Å². The third-order valence-corrected chi connectivity index (χ3v) is 0.704. The van der Waals surface area contributed by atoms with E-state index in [2.05, 4.69) is 17.6 Å². The van der Waals surface area contributed by atoms with Gasteiger partial charge < -0.3 is 5.73 Å². The zero-order valence-electron chi connectivity index (χ0n) is 3.06. The van der Waals surface area contributed by atoms with Crippen molar-refractivity contribution in [2.24, 2.45) is 10.7 Å². The number of nitrogens with two attached hydrogens (primary N) is 1. The molecule has 0 aromatic carbocycles. The number of thiol groups is 1. The first-order valence-corrected chi connectivity index (χ1v) is 3.04. The van der Waals surface area contributed by atoms with Crippen LogP contribution in [0.25, 0.3) is 0 Å². The topological polar surface area (TPSA) is 38.4 Å². The van der Waals surface area contributed by atoms with Crippen LogP contribution in [0.15, 0.2) is 4.99 Å². The van der Waals surface area contributed by atoms with Gasteiger partial charge in [0.05, 0.1) is 5.88 Å². The highest BCUT2D eigenvalue weighted by molar-refractivity contribution is 14.1. The van der Waals surface area contributed by atoms with Crippen molar-refractivity contribution >= 4 is 39.1 Å². The van der Waals surface area contributed by atoms with Crippen molar-refractivity contribution in [3.63, 3.8) is 0 Å². The zero-order chi connectivity index (χ0) is 4.99. The fourth-order valence-electron chi connectivity index (χ4n) is 0.0676. The third kappa shape index (κ3) is 4.55. The minimum atomic E-state index is 0.481. The standard InChI is InChI=1S/C2H5IN2S/c3-2(4)5-1-6/h6H,1H2,(H2,4,5). The second-order valence-corrected chi connectivity index (χ2v) is 2.01. The minimum absolute atomic E-state index is 0.481. The SMILES string of the molecule is NC(I)=NCS. The Labute approximate surface area is 55.8 Å². The Morgan fingerprint density at radius 1 is 2.00 bits per heavy atom. The molecule has 0 saturated carbocycles. The summed E-state index contributed by atoms with van der Waals surface area (Å²) in [5.41, 5.74) is 5.09. The Morgan fingerprint density at radius 3 is 2.50 bits per heavy atom. The second kappa shape index (κ2) is 3.73. The zero-order valence-corrected chi connectivity index (χ0v) is 6.11. The lowest BCUT2D eigenvalue weighted by Gasteiger charge is -1.79. The van der Waals surface area contributed by atoms with Crippen molar-refractivity contribution in [3.05, 3.63) is 0 Å². The van der Waals surface area contributed by atoms with Crippen molar-refractivity contribution in [2.75, 3.05) is 5.88 Å². The van der Waals surface area contributed by atoms with Gasteiger partial charge >= 0.3 is 0 Å². The summed E-state index contributed by atoms with van der Waals surface area (Å²) in [6.07, 6.45) is 0. The molecular formula is C2H5IN2S. The van der Waals surface area contributed by atoms with Crippen molar-refractivity contribution in [3.8, 4) is 0 Å². The molecule has 2 N–H and O–H groups in total. The van der Waals surface area contributed by atoms with Crippen molar-refractivity contribution < 1.29 is 0 Å². The molecule has 0 spiro atoms. The van der Waals surface area contributed by atoms with Gasteiger partial charge in [-0.2, -0.15) is 12.6 Å². The van der Waals surface area contributed by atoms with Gasteiger partial charge in [-0.1, -0.05) is 0 Å². The quantitative estimate of drug-likeness (QED) is 0.218. The summed E-state index contributed by atoms with van der Waals surface area (Å²) in [5, 5.41) is 0. The summed E-state index contributed by atoms with van der Waals surface area (Å²) in [6.45, 7) is 0. The summed E-state index contributed by atoms with van der Waals surface area (Å²) >= 11 is 5.71. The summed E-state index contributed by atoms with van der Waals surface area (Å²) in [7, 11) is 0. The minimum Gasteiger partial charge on any atom is -0.379 e. The van der Waals surface area contributed by atoms with Gasteiger partial charge in [-0.05, 0) is 22.6 Å². The fourth-order valence-corrected chi connectivity index (χ4v) is 0.660. The first kappa shape index (κ1) is 6.55. The summed E-state index contributed by atoms with van der Waals surface area (Å²) in [6, 6.07) is 0. The van der Waals surface area contributed by atoms with Crippen LogP contribution in [0.2, 0.25) is 0 Å². The molecule has 0 rings (SSSR count). The average molecular weight is 216 g/mol. The van der Waals surface area contributed by atoms with E-state index < -0.39 is 0 Å². The van der Waals surface area contributed by atoms with Crippen LogP contribution in [-0.4, -0.2) is 9.72 Å². The monoisotopic (exact) mass is 216 g/mol. The molecule has 0 bridgehead atoms. The Hall–Kier alpha value is 0.550. The molecule has 0 aromatic heterocycles. The number of halogens is 1. The molecule has 0 unspecified atom stereocenters. The molecule has 6 heavy (non-hydrogen) atoms. The number of rotatable bonds is 1. The average Bonchev–Trinajstić information content (AvgIpc) is 1.35. The first-order chi connectivity index (χ1) is 2.77. The molecule has 0 fully saturated rings. The van der Waals surface area contributed by atoms with Crippen molar-refractivity contribution in [1.82, 2.24) is 0 Å². The Balaban J connectivity index is 3.14. The van der Waals surface area contributed by atoms with Gasteiger partial charge in [0.1, 0.15) is 0 Å². The molecule has 2 nitrogen and oxygen atoms in total. The van der Waals surface area contributed by atoms with Crippen LogP contribution in [0, 0.1) is 0 Å². The van der Waals surface area contributed by atoms with Crippen LogP contribution in [0.3, 0.4) is 0 Å². The molecule has 0 heterocycles. The van der Waals surface area contributed by atoms with Gasteiger partial charge in [-0.15, -0.1) is 0 Å². The predicted octanol–water partition coefficient (Wildman–Crippen LogP) is 0.623. The van der Waals surface area contributed by atoms with E-state index in [4.69, 9.17) is 5.73 Å². The molecule has 36 valence electrons. The van der Waals surface area contributed by atoms with Gasteiger partial charge in [0, 0.05) is 0 Å². The maximum absolute atomic E-state index is 5.09. The number of nitrogens with zero attached hydrogens (tertiary/aromatic N) is 1. The summed E-state index contributed by atoms with van der Waals surface area (Å²) in [4.78, 5) is 3.67. The van der Waals surface area contributed by atoms with E-state index in [-0.39, 0.29) is 0 Å². The highest BCUT2D eigenvalue weighted by Gasteiger charge is 1.71. The highest BCUT2D eigenvalue weighted by atomic mass is 127. The van der Waals surface area contributed by atoms with Crippen LogP contribution in [-0.2, 0) is 0 Å². The maximum Gasteiger partial charge on any atom is 0.158 e. The lowest BCUT2D eigenvalue weighted by molar-refractivity contribution is 1.39. The van der Waals surface area contributed by atoms with E-state index in [1.165, 1.54) is 0 Å². The Morgan fingerprint density at radius 2 is 2.50 bits per heavy atom. The van der Waals surface area contributed by atoms with Gasteiger partial charge in [-0.3, -0.25) is 4.99 Å². The van der Waals surface area contributed by atoms with Crippen LogP contribution >= 0.6 is 35.2 Å². The first-order valence-electron chi connectivity index (χ1n) is 1.33. The van der Waals surface area contributed by atoms with E-state index in [1.807, 2.05) is 22.6 Å². The normalized spacial score (nSPS) is 12.0. The lowest BCUT2D eigenvalue weighted by atomic mass is 11.3. The second-order valence-electron chi connectivity index (χ2n) is 0.622. The maximum atomic E-state index is 5.09. The molecule has 0 aromatic rings. The van der Waals surface area contributed by atoms with Crippen LogP contribution in [0.1, 0.15) is 0 Å². The van der Waals surface area contributed by atoms with Crippen LogP contribution in [0.5, 0.6) is 0 Å². The number of hydrogen-bond acceptors (Lipinski definition) is 2. The lowest BCUT2D eigenvalue weighted by Crippen LogP contribution is -1.99. The molecule has 0 aliphatic carbocycles. The molecule has 0 aliphatic rings. The molecule has 4 heteroatoms. The smallest absolute Gasteiger partial charge is 0.158 e. The Bertz CT molecular complexity index is 58.6. The van der Waals surface area contributed by atoms with Gasteiger partial charge in [0.25, 0.3) is 0 Å². The van der Waals surface area contributed by atoms with Gasteiger partial charge in [-0.25, -0.2) is 0 Å². The molecule has 0 saturated heterocycles. The number of aliphatic imine (C=N–C) groups is 1. The summed E-state index contributed by atoms with van der Waals surface area (Å²) < 4.78 is 0.558. The van der Waals surface area contributed by atoms with E-state index >= 15 is 0 Å². The van der Waals surface area contributed by atoms with Crippen molar-refractivity contribution in [1.29, 1.82) is 0 Å². The summed E-state index contributed by atoms with van der Waals surface area (Å²) in [5.74, 6) is 0.481. The van der Waals surface area contributed by atoms with Crippen LogP contribution in [0.4, 0.5) is 0 Å². The molecular weight excluding hydrogens is 211 g/mol. The number of hydrogen-bond donors (Lipinski definition) is 2. The van der Waals surface area contributed by atoms with E-state index in [9.17, 15) is 0 Å². The molecule has 0 atom stereocenters. The predicted molar refractivity (Wildman–Crippen MR) is 39.5 cm³/mol. The van der Waals surface area contributed by atoms with E-state index in [1.54, 1.807) is 0 Å².